The molecule has 0 bridgehead atoms. The molecular formula is C11H18N4O2. The van der Waals surface area contributed by atoms with Crippen LogP contribution in [0.2, 0.25) is 0 Å². The second-order valence-electron chi connectivity index (χ2n) is 4.85. The molecule has 1 aliphatic rings. The van der Waals surface area contributed by atoms with Gasteiger partial charge in [0.25, 0.3) is 0 Å². The largest absolute Gasteiger partial charge is 0.406 e. The molecule has 0 aromatic carbocycles. The summed E-state index contributed by atoms with van der Waals surface area (Å²) in [7, 11) is 1.77. The molecule has 94 valence electrons. The number of aromatic nitrogens is 2. The Balaban J connectivity index is 2.08. The average Bonchev–Trinajstić information content (AvgIpc) is 2.59. The minimum absolute atomic E-state index is 0.0851. The molecule has 1 N–H and O–H groups in total. The molecule has 0 saturated heterocycles. The first kappa shape index (κ1) is 11.9. The molecule has 0 radical (unpaired) electrons. The van der Waals surface area contributed by atoms with Crippen molar-refractivity contribution in [1.29, 1.82) is 0 Å². The van der Waals surface area contributed by atoms with Gasteiger partial charge in [0.1, 0.15) is 0 Å². The Bertz CT molecular complexity index is 418. The Labute approximate surface area is 100 Å². The van der Waals surface area contributed by atoms with Crippen molar-refractivity contribution in [3.63, 3.8) is 0 Å². The van der Waals surface area contributed by atoms with E-state index in [-0.39, 0.29) is 5.82 Å². The molecule has 1 aromatic rings. The maximum Gasteiger partial charge on any atom is 0.406 e. The van der Waals surface area contributed by atoms with E-state index in [1.807, 2.05) is 0 Å². The van der Waals surface area contributed by atoms with Crippen molar-refractivity contribution in [2.45, 2.75) is 32.6 Å². The Kier molecular flexibility index (Phi) is 3.04. The van der Waals surface area contributed by atoms with Crippen molar-refractivity contribution < 1.29 is 4.92 Å². The first-order chi connectivity index (χ1) is 8.08. The van der Waals surface area contributed by atoms with E-state index < -0.39 is 4.92 Å². The van der Waals surface area contributed by atoms with Crippen LogP contribution >= 0.6 is 0 Å². The first-order valence-electron chi connectivity index (χ1n) is 5.97. The fourth-order valence-electron chi connectivity index (χ4n) is 2.36. The van der Waals surface area contributed by atoms with Gasteiger partial charge < -0.3 is 15.4 Å². The highest BCUT2D eigenvalue weighted by Gasteiger charge is 2.35. The van der Waals surface area contributed by atoms with Crippen LogP contribution in [0.25, 0.3) is 0 Å². The summed E-state index contributed by atoms with van der Waals surface area (Å²) in [5, 5.41) is 14.0. The van der Waals surface area contributed by atoms with Crippen LogP contribution in [-0.4, -0.2) is 21.0 Å². The molecule has 1 saturated carbocycles. The quantitative estimate of drug-likeness (QED) is 0.631. The van der Waals surface area contributed by atoms with E-state index in [9.17, 15) is 10.1 Å². The standard InChI is InChI=1S/C11H18N4O2/c1-3-11(5-4-6-11)7-12-9-10(15(16)17)13-8-14(9)2/h8,12H,3-7H2,1-2H3. The molecule has 1 fully saturated rings. The third-order valence-electron chi connectivity index (χ3n) is 3.89. The lowest BCUT2D eigenvalue weighted by Crippen LogP contribution is -2.36. The lowest BCUT2D eigenvalue weighted by molar-refractivity contribution is -0.388. The van der Waals surface area contributed by atoms with Crippen LogP contribution in [0.4, 0.5) is 11.6 Å². The molecule has 1 heterocycles. The van der Waals surface area contributed by atoms with Gasteiger partial charge in [-0.15, -0.1) is 0 Å². The molecule has 17 heavy (non-hydrogen) atoms. The fraction of sp³-hybridized carbons (Fsp3) is 0.727. The molecule has 1 aliphatic carbocycles. The summed E-state index contributed by atoms with van der Waals surface area (Å²) in [6.07, 6.45) is 6.28. The van der Waals surface area contributed by atoms with Gasteiger partial charge in [0.15, 0.2) is 0 Å². The number of imidazole rings is 1. The van der Waals surface area contributed by atoms with Crippen LogP contribution in [0.3, 0.4) is 0 Å². The van der Waals surface area contributed by atoms with E-state index >= 15 is 0 Å². The molecule has 0 atom stereocenters. The Hall–Kier alpha value is -1.59. The summed E-state index contributed by atoms with van der Waals surface area (Å²) >= 11 is 0. The minimum Gasteiger partial charge on any atom is -0.364 e. The molecule has 2 rings (SSSR count). The average molecular weight is 238 g/mol. The molecular weight excluding hydrogens is 220 g/mol. The monoisotopic (exact) mass is 238 g/mol. The van der Waals surface area contributed by atoms with Gasteiger partial charge in [-0.1, -0.05) is 13.3 Å². The van der Waals surface area contributed by atoms with Crippen LogP contribution in [0, 0.1) is 15.5 Å². The van der Waals surface area contributed by atoms with Gasteiger partial charge in [0.05, 0.1) is 0 Å². The topological polar surface area (TPSA) is 73.0 Å². The maximum atomic E-state index is 10.8. The van der Waals surface area contributed by atoms with E-state index in [4.69, 9.17) is 0 Å². The SMILES string of the molecule is CCC1(CNc2c([N+](=O)[O-])ncn2C)CCC1. The number of nitro groups is 1. The second-order valence-corrected chi connectivity index (χ2v) is 4.85. The smallest absolute Gasteiger partial charge is 0.364 e. The zero-order chi connectivity index (χ0) is 12.5. The van der Waals surface area contributed by atoms with Gasteiger partial charge in [-0.2, -0.15) is 0 Å². The van der Waals surface area contributed by atoms with E-state index in [1.54, 1.807) is 11.6 Å². The van der Waals surface area contributed by atoms with Gasteiger partial charge in [-0.25, -0.2) is 0 Å². The van der Waals surface area contributed by atoms with Crippen molar-refractivity contribution >= 4 is 11.6 Å². The van der Waals surface area contributed by atoms with E-state index in [1.165, 1.54) is 25.6 Å². The summed E-state index contributed by atoms with van der Waals surface area (Å²) in [5.41, 5.74) is 0.331. The third-order valence-corrected chi connectivity index (χ3v) is 3.89. The van der Waals surface area contributed by atoms with Crippen molar-refractivity contribution in [3.8, 4) is 0 Å². The van der Waals surface area contributed by atoms with Gasteiger partial charge in [0, 0.05) is 13.6 Å². The number of anilines is 1. The molecule has 1 aromatic heterocycles. The highest BCUT2D eigenvalue weighted by atomic mass is 16.6. The third kappa shape index (κ3) is 2.11. The van der Waals surface area contributed by atoms with Crippen LogP contribution in [0.1, 0.15) is 32.6 Å². The summed E-state index contributed by atoms with van der Waals surface area (Å²) in [5.74, 6) is 0.424. The zero-order valence-corrected chi connectivity index (χ0v) is 10.3. The summed E-state index contributed by atoms with van der Waals surface area (Å²) in [6, 6.07) is 0. The molecule has 0 aliphatic heterocycles. The molecule has 0 amide bonds. The maximum absolute atomic E-state index is 10.8. The number of hydrogen-bond donors (Lipinski definition) is 1. The van der Waals surface area contributed by atoms with Gasteiger partial charge in [0.2, 0.25) is 12.1 Å². The highest BCUT2D eigenvalue weighted by Crippen LogP contribution is 2.44. The molecule has 0 unspecified atom stereocenters. The number of rotatable bonds is 5. The Morgan fingerprint density at radius 1 is 1.65 bits per heavy atom. The number of aryl methyl sites for hydroxylation is 1. The lowest BCUT2D eigenvalue weighted by atomic mass is 9.67. The zero-order valence-electron chi connectivity index (χ0n) is 10.3. The van der Waals surface area contributed by atoms with Crippen molar-refractivity contribution in [3.05, 3.63) is 16.4 Å². The van der Waals surface area contributed by atoms with Crippen molar-refractivity contribution in [2.75, 3.05) is 11.9 Å². The van der Waals surface area contributed by atoms with Crippen molar-refractivity contribution in [2.24, 2.45) is 12.5 Å². The highest BCUT2D eigenvalue weighted by molar-refractivity contribution is 5.52. The number of nitrogens with one attached hydrogen (secondary N) is 1. The Morgan fingerprint density at radius 3 is 2.82 bits per heavy atom. The van der Waals surface area contributed by atoms with E-state index in [0.29, 0.717) is 11.2 Å². The second kappa shape index (κ2) is 4.35. The first-order valence-corrected chi connectivity index (χ1v) is 5.97. The summed E-state index contributed by atoms with van der Waals surface area (Å²) in [4.78, 5) is 14.1. The van der Waals surface area contributed by atoms with E-state index in [2.05, 4.69) is 17.2 Å². The molecule has 6 nitrogen and oxygen atoms in total. The van der Waals surface area contributed by atoms with Crippen LogP contribution in [0.5, 0.6) is 0 Å². The number of nitrogens with zero attached hydrogens (tertiary/aromatic N) is 3. The fourth-order valence-corrected chi connectivity index (χ4v) is 2.36. The van der Waals surface area contributed by atoms with Crippen molar-refractivity contribution in [1.82, 2.24) is 9.55 Å². The number of hydrogen-bond acceptors (Lipinski definition) is 4. The Morgan fingerprint density at radius 2 is 2.35 bits per heavy atom. The van der Waals surface area contributed by atoms with Gasteiger partial charge in [-0.3, -0.25) is 4.57 Å². The van der Waals surface area contributed by atoms with Crippen LogP contribution in [-0.2, 0) is 7.05 Å². The predicted octanol–water partition coefficient (Wildman–Crippen LogP) is 2.32. The van der Waals surface area contributed by atoms with Crippen LogP contribution < -0.4 is 5.32 Å². The normalized spacial score (nSPS) is 17.5. The molecule has 6 heteroatoms. The van der Waals surface area contributed by atoms with E-state index in [0.717, 1.165) is 13.0 Å². The van der Waals surface area contributed by atoms with Gasteiger partial charge >= 0.3 is 5.82 Å². The lowest BCUT2D eigenvalue weighted by Gasteiger charge is -2.41. The molecule has 0 spiro atoms. The van der Waals surface area contributed by atoms with Crippen LogP contribution in [0.15, 0.2) is 6.33 Å². The van der Waals surface area contributed by atoms with Gasteiger partial charge in [-0.05, 0) is 34.6 Å². The summed E-state index contributed by atoms with van der Waals surface area (Å²) < 4.78 is 1.67. The summed E-state index contributed by atoms with van der Waals surface area (Å²) in [6.45, 7) is 2.97. The predicted molar refractivity (Wildman–Crippen MR) is 64.9 cm³/mol. The minimum atomic E-state index is -0.443.